The average molecular weight is 387 g/mol. The maximum atomic E-state index is 12.9. The lowest BCUT2D eigenvalue weighted by molar-refractivity contribution is -0.142. The lowest BCUT2D eigenvalue weighted by atomic mass is 9.75. The number of allylic oxidation sites excluding steroid dienone is 2. The molecule has 132 valence electrons. The molecule has 0 saturated heterocycles. The maximum absolute atomic E-state index is 12.9. The van der Waals surface area contributed by atoms with Crippen LogP contribution in [-0.2, 0) is 14.3 Å². The molecule has 0 unspecified atom stereocenters. The molecule has 0 amide bonds. The minimum atomic E-state index is -0.298. The highest BCUT2D eigenvalue weighted by Gasteiger charge is 2.39. The van der Waals surface area contributed by atoms with Gasteiger partial charge in [-0.1, -0.05) is 47.5 Å². The number of benzene rings is 2. The van der Waals surface area contributed by atoms with Crippen molar-refractivity contribution in [2.24, 2.45) is 0 Å². The molecule has 0 spiro atoms. The zero-order valence-corrected chi connectivity index (χ0v) is 15.4. The molecule has 26 heavy (non-hydrogen) atoms. The SMILES string of the molecule is O=C1C[C@@H](c2ccc(Cl)cc2)C2=C(C[C@H](c3ccc(Cl)cc3)CC2=O)O1. The van der Waals surface area contributed by atoms with Crippen LogP contribution in [0.5, 0.6) is 0 Å². The molecule has 0 aromatic heterocycles. The van der Waals surface area contributed by atoms with E-state index in [1.807, 2.05) is 36.4 Å². The van der Waals surface area contributed by atoms with E-state index in [1.165, 1.54) is 0 Å². The lowest BCUT2D eigenvalue weighted by Gasteiger charge is -2.33. The van der Waals surface area contributed by atoms with Crippen molar-refractivity contribution < 1.29 is 14.3 Å². The molecule has 1 aliphatic carbocycles. The van der Waals surface area contributed by atoms with Crippen molar-refractivity contribution in [2.45, 2.75) is 31.1 Å². The van der Waals surface area contributed by atoms with Crippen molar-refractivity contribution in [1.29, 1.82) is 0 Å². The molecule has 5 heteroatoms. The molecule has 2 atom stereocenters. The Morgan fingerprint density at radius 1 is 0.769 bits per heavy atom. The number of esters is 1. The summed E-state index contributed by atoms with van der Waals surface area (Å²) >= 11 is 11.9. The Hall–Kier alpha value is -2.10. The minimum absolute atomic E-state index is 0.00437. The van der Waals surface area contributed by atoms with Gasteiger partial charge in [0.2, 0.25) is 0 Å². The second kappa shape index (κ2) is 6.90. The van der Waals surface area contributed by atoms with Gasteiger partial charge < -0.3 is 4.74 Å². The number of Topliss-reactive ketones (excluding diaryl/α,β-unsaturated/α-hetero) is 1. The fourth-order valence-corrected chi connectivity index (χ4v) is 4.03. The predicted octanol–water partition coefficient (Wildman–Crippen LogP) is 5.42. The minimum Gasteiger partial charge on any atom is -0.431 e. The molecule has 0 saturated carbocycles. The van der Waals surface area contributed by atoms with Crippen LogP contribution < -0.4 is 0 Å². The molecule has 0 N–H and O–H groups in total. The Morgan fingerprint density at radius 2 is 1.35 bits per heavy atom. The molecule has 2 aliphatic rings. The highest BCUT2D eigenvalue weighted by molar-refractivity contribution is 6.30. The zero-order chi connectivity index (χ0) is 18.3. The standard InChI is InChI=1S/C21H16Cl2O3/c22-15-5-1-12(2-6-15)14-9-18(24)21-17(11-20(25)26-19(21)10-14)13-3-7-16(23)8-4-13/h1-8,14,17H,9-11H2/t14-,17+/m1/s1. The summed E-state index contributed by atoms with van der Waals surface area (Å²) < 4.78 is 5.48. The first-order valence-electron chi connectivity index (χ1n) is 8.49. The van der Waals surface area contributed by atoms with Crippen LogP contribution in [0, 0.1) is 0 Å². The second-order valence-corrected chi connectivity index (χ2v) is 7.57. The van der Waals surface area contributed by atoms with Crippen LogP contribution in [0.15, 0.2) is 59.9 Å². The van der Waals surface area contributed by atoms with E-state index in [9.17, 15) is 9.59 Å². The third-order valence-corrected chi connectivity index (χ3v) is 5.54. The van der Waals surface area contributed by atoms with Gasteiger partial charge in [0.25, 0.3) is 0 Å². The van der Waals surface area contributed by atoms with Crippen LogP contribution in [-0.4, -0.2) is 11.8 Å². The topological polar surface area (TPSA) is 43.4 Å². The molecule has 4 rings (SSSR count). The normalized spacial score (nSPS) is 22.8. The predicted molar refractivity (Wildman–Crippen MR) is 100 cm³/mol. The van der Waals surface area contributed by atoms with Crippen LogP contribution in [0.3, 0.4) is 0 Å². The first-order valence-corrected chi connectivity index (χ1v) is 9.24. The van der Waals surface area contributed by atoms with Gasteiger partial charge >= 0.3 is 5.97 Å². The highest BCUT2D eigenvalue weighted by Crippen LogP contribution is 2.44. The molecule has 0 radical (unpaired) electrons. The number of hydrogen-bond acceptors (Lipinski definition) is 3. The second-order valence-electron chi connectivity index (χ2n) is 6.70. The van der Waals surface area contributed by atoms with Crippen molar-refractivity contribution in [3.63, 3.8) is 0 Å². The fourth-order valence-electron chi connectivity index (χ4n) is 3.78. The van der Waals surface area contributed by atoms with Crippen LogP contribution >= 0.6 is 23.2 Å². The van der Waals surface area contributed by atoms with E-state index < -0.39 is 0 Å². The van der Waals surface area contributed by atoms with Gasteiger partial charge in [-0.05, 0) is 41.3 Å². The maximum Gasteiger partial charge on any atom is 0.311 e. The number of ether oxygens (including phenoxy) is 1. The van der Waals surface area contributed by atoms with E-state index in [1.54, 1.807) is 12.1 Å². The monoisotopic (exact) mass is 386 g/mol. The summed E-state index contributed by atoms with van der Waals surface area (Å²) in [6.45, 7) is 0. The van der Waals surface area contributed by atoms with Crippen LogP contribution in [0.4, 0.5) is 0 Å². The summed E-state index contributed by atoms with van der Waals surface area (Å²) in [5.41, 5.74) is 2.58. The van der Waals surface area contributed by atoms with Gasteiger partial charge in [0, 0.05) is 34.4 Å². The summed E-state index contributed by atoms with van der Waals surface area (Å²) in [6.07, 6.45) is 1.12. The summed E-state index contributed by atoms with van der Waals surface area (Å²) in [6, 6.07) is 14.8. The van der Waals surface area contributed by atoms with Crippen LogP contribution in [0.25, 0.3) is 0 Å². The highest BCUT2D eigenvalue weighted by atomic mass is 35.5. The smallest absolute Gasteiger partial charge is 0.311 e. The Kier molecular flexibility index (Phi) is 4.60. The van der Waals surface area contributed by atoms with Crippen molar-refractivity contribution in [2.75, 3.05) is 0 Å². The van der Waals surface area contributed by atoms with Gasteiger partial charge in [0.05, 0.1) is 6.42 Å². The zero-order valence-electron chi connectivity index (χ0n) is 13.9. The molecule has 0 fully saturated rings. The van der Waals surface area contributed by atoms with E-state index in [0.717, 1.165) is 11.1 Å². The van der Waals surface area contributed by atoms with Crippen molar-refractivity contribution in [1.82, 2.24) is 0 Å². The molecule has 3 nitrogen and oxygen atoms in total. The van der Waals surface area contributed by atoms with Gasteiger partial charge in [-0.15, -0.1) is 0 Å². The van der Waals surface area contributed by atoms with Gasteiger partial charge in [-0.3, -0.25) is 9.59 Å². The average Bonchev–Trinajstić information content (AvgIpc) is 2.62. The molecule has 2 aromatic carbocycles. The number of hydrogen-bond donors (Lipinski definition) is 0. The molecule has 2 aromatic rings. The Morgan fingerprint density at radius 3 is 1.96 bits per heavy atom. The van der Waals surface area contributed by atoms with Gasteiger partial charge in [-0.2, -0.15) is 0 Å². The Labute approximate surface area is 161 Å². The first kappa shape index (κ1) is 17.3. The van der Waals surface area contributed by atoms with Crippen molar-refractivity contribution in [3.8, 4) is 0 Å². The van der Waals surface area contributed by atoms with E-state index in [4.69, 9.17) is 27.9 Å². The van der Waals surface area contributed by atoms with Crippen molar-refractivity contribution in [3.05, 3.63) is 81.0 Å². The Bertz CT molecular complexity index is 898. The largest absolute Gasteiger partial charge is 0.431 e. The van der Waals surface area contributed by atoms with Crippen LogP contribution in [0.2, 0.25) is 10.0 Å². The number of rotatable bonds is 2. The number of halogens is 2. The Balaban J connectivity index is 1.70. The van der Waals surface area contributed by atoms with E-state index in [2.05, 4.69) is 0 Å². The van der Waals surface area contributed by atoms with Crippen molar-refractivity contribution >= 4 is 35.0 Å². The molecular weight excluding hydrogens is 371 g/mol. The molecule has 1 heterocycles. The quantitative estimate of drug-likeness (QED) is 0.646. The third kappa shape index (κ3) is 3.29. The third-order valence-electron chi connectivity index (χ3n) is 5.03. The van der Waals surface area contributed by atoms with Crippen LogP contribution in [0.1, 0.15) is 42.2 Å². The first-order chi connectivity index (χ1) is 12.5. The number of carbonyl (C=O) groups is 2. The number of carbonyl (C=O) groups excluding carboxylic acids is 2. The summed E-state index contributed by atoms with van der Waals surface area (Å²) in [5.74, 6) is -0.0122. The van der Waals surface area contributed by atoms with E-state index in [0.29, 0.717) is 34.2 Å². The molecule has 1 aliphatic heterocycles. The van der Waals surface area contributed by atoms with Gasteiger partial charge in [0.15, 0.2) is 5.78 Å². The van der Waals surface area contributed by atoms with E-state index >= 15 is 0 Å². The molecule has 0 bridgehead atoms. The summed E-state index contributed by atoms with van der Waals surface area (Å²) in [7, 11) is 0. The molecular formula is C21H16Cl2O3. The van der Waals surface area contributed by atoms with Gasteiger partial charge in [0.1, 0.15) is 5.76 Å². The lowest BCUT2D eigenvalue weighted by Crippen LogP contribution is -2.30. The summed E-state index contributed by atoms with van der Waals surface area (Å²) in [4.78, 5) is 25.1. The van der Waals surface area contributed by atoms with E-state index in [-0.39, 0.29) is 30.0 Å². The fraction of sp³-hybridized carbons (Fsp3) is 0.238. The van der Waals surface area contributed by atoms with Gasteiger partial charge in [-0.25, -0.2) is 0 Å². The number of ketones is 1. The summed E-state index contributed by atoms with van der Waals surface area (Å²) in [5, 5.41) is 1.28.